The van der Waals surface area contributed by atoms with Crippen molar-refractivity contribution in [2.45, 2.75) is 146 Å². The van der Waals surface area contributed by atoms with E-state index in [1.165, 1.54) is 38.6 Å². The molecular weight excluding hydrogens is 364 g/mol. The summed E-state index contributed by atoms with van der Waals surface area (Å²) in [6.45, 7) is 32.3. The van der Waals surface area contributed by atoms with Gasteiger partial charge in [-0.1, -0.05) is 76.2 Å². The summed E-state index contributed by atoms with van der Waals surface area (Å²) < 4.78 is 0. The van der Waals surface area contributed by atoms with Crippen LogP contribution >= 0.6 is 0 Å². The van der Waals surface area contributed by atoms with E-state index < -0.39 is 0 Å². The highest BCUT2D eigenvalue weighted by Crippen LogP contribution is 2.59. The van der Waals surface area contributed by atoms with Gasteiger partial charge in [-0.2, -0.15) is 0 Å². The second-order valence-corrected chi connectivity index (χ2v) is 12.9. The molecule has 0 N–H and O–H groups in total. The highest BCUT2D eigenvalue weighted by Gasteiger charge is 2.61. The van der Waals surface area contributed by atoms with E-state index in [9.17, 15) is 0 Å². The maximum atomic E-state index is 2.73. The molecule has 2 aliphatic heterocycles. The first-order chi connectivity index (χ1) is 13.6. The summed E-state index contributed by atoms with van der Waals surface area (Å²) in [7, 11) is 2.26. The zero-order valence-electron chi connectivity index (χ0n) is 23.4. The van der Waals surface area contributed by atoms with E-state index in [0.717, 1.165) is 24.2 Å². The van der Waals surface area contributed by atoms with Crippen LogP contribution in [0.1, 0.15) is 122 Å². The highest BCUT2D eigenvalue weighted by atomic mass is 15.3. The summed E-state index contributed by atoms with van der Waals surface area (Å²) in [6.07, 6.45) is 6.59. The van der Waals surface area contributed by atoms with Crippen LogP contribution in [0.3, 0.4) is 0 Å². The maximum absolute atomic E-state index is 2.73. The molecule has 0 saturated carbocycles. The molecule has 0 aromatic heterocycles. The van der Waals surface area contributed by atoms with Gasteiger partial charge < -0.3 is 4.90 Å². The van der Waals surface area contributed by atoms with Crippen LogP contribution in [0, 0.1) is 21.7 Å². The molecule has 180 valence electrons. The van der Waals surface area contributed by atoms with E-state index in [1.54, 1.807) is 0 Å². The fourth-order valence-electron chi connectivity index (χ4n) is 7.31. The van der Waals surface area contributed by atoms with Gasteiger partial charge in [-0.3, -0.25) is 4.90 Å². The van der Waals surface area contributed by atoms with Crippen molar-refractivity contribution in [3.8, 4) is 0 Å². The molecule has 0 bridgehead atoms. The number of piperidine rings is 1. The standard InChI is InChI=1S/C15H31N.C13H27N/c1-8-12-15(10-3,14(5,6)7)13(9-2)16(12)11-4;1-10-8-13(6,12(3,4)5)9-11(2)14(10)7/h12-13H,8-11H2,1-7H3;10-11H,8-9H2,1-7H3. The molecule has 2 nitrogen and oxygen atoms in total. The summed E-state index contributed by atoms with van der Waals surface area (Å²) in [5.74, 6) is 0. The third-order valence-electron chi connectivity index (χ3n) is 9.80. The van der Waals surface area contributed by atoms with Crippen LogP contribution in [-0.2, 0) is 0 Å². The molecule has 2 rings (SSSR count). The molecule has 0 amide bonds. The molecule has 2 heterocycles. The van der Waals surface area contributed by atoms with Crippen molar-refractivity contribution < 1.29 is 0 Å². The Kier molecular flexibility index (Phi) is 9.15. The zero-order chi connectivity index (χ0) is 23.7. The largest absolute Gasteiger partial charge is 0.301 e. The molecule has 4 unspecified atom stereocenters. The summed E-state index contributed by atoms with van der Waals surface area (Å²) in [4.78, 5) is 5.25. The lowest BCUT2D eigenvalue weighted by molar-refractivity contribution is -0.198. The summed E-state index contributed by atoms with van der Waals surface area (Å²) in [5.41, 5.74) is 1.89. The van der Waals surface area contributed by atoms with Crippen LogP contribution in [0.25, 0.3) is 0 Å². The molecule has 0 aromatic carbocycles. The number of likely N-dealkylation sites (tertiary alicyclic amines) is 2. The number of hydrogen-bond donors (Lipinski definition) is 0. The summed E-state index contributed by atoms with van der Waals surface area (Å²) >= 11 is 0. The van der Waals surface area contributed by atoms with Crippen molar-refractivity contribution in [3.05, 3.63) is 0 Å². The Bertz CT molecular complexity index is 500. The van der Waals surface area contributed by atoms with E-state index >= 15 is 0 Å². The Hall–Kier alpha value is -0.0800. The van der Waals surface area contributed by atoms with E-state index in [1.807, 2.05) is 0 Å². The molecule has 30 heavy (non-hydrogen) atoms. The van der Waals surface area contributed by atoms with Crippen LogP contribution in [0.2, 0.25) is 0 Å². The van der Waals surface area contributed by atoms with Crippen molar-refractivity contribution in [1.82, 2.24) is 9.80 Å². The quantitative estimate of drug-likeness (QED) is 0.455. The first kappa shape index (κ1) is 28.0. The zero-order valence-corrected chi connectivity index (χ0v) is 23.4. The van der Waals surface area contributed by atoms with Crippen LogP contribution in [0.5, 0.6) is 0 Å². The van der Waals surface area contributed by atoms with Gasteiger partial charge in [0.2, 0.25) is 0 Å². The minimum absolute atomic E-state index is 0.425. The monoisotopic (exact) mass is 422 g/mol. The van der Waals surface area contributed by atoms with E-state index in [0.29, 0.717) is 21.7 Å². The van der Waals surface area contributed by atoms with Crippen LogP contribution in [0.15, 0.2) is 0 Å². The lowest BCUT2D eigenvalue weighted by atomic mass is 9.50. The van der Waals surface area contributed by atoms with E-state index in [2.05, 4.69) is 107 Å². The van der Waals surface area contributed by atoms with Crippen LogP contribution < -0.4 is 0 Å². The van der Waals surface area contributed by atoms with E-state index in [-0.39, 0.29) is 0 Å². The van der Waals surface area contributed by atoms with Crippen molar-refractivity contribution in [3.63, 3.8) is 0 Å². The average Bonchev–Trinajstić information content (AvgIpc) is 2.58. The molecule has 2 fully saturated rings. The first-order valence-electron chi connectivity index (χ1n) is 13.1. The fraction of sp³-hybridized carbons (Fsp3) is 1.00. The van der Waals surface area contributed by atoms with Crippen LogP contribution in [0.4, 0.5) is 0 Å². The minimum atomic E-state index is 0.425. The molecule has 0 radical (unpaired) electrons. The van der Waals surface area contributed by atoms with Gasteiger partial charge in [0.15, 0.2) is 0 Å². The van der Waals surface area contributed by atoms with Gasteiger partial charge in [-0.15, -0.1) is 0 Å². The number of hydrogen-bond acceptors (Lipinski definition) is 2. The third kappa shape index (κ3) is 4.80. The van der Waals surface area contributed by atoms with Gasteiger partial charge in [-0.25, -0.2) is 0 Å². The summed E-state index contributed by atoms with van der Waals surface area (Å²) in [6, 6.07) is 3.05. The van der Waals surface area contributed by atoms with Gasteiger partial charge in [0.05, 0.1) is 0 Å². The summed E-state index contributed by atoms with van der Waals surface area (Å²) in [5, 5.41) is 0. The van der Waals surface area contributed by atoms with Crippen molar-refractivity contribution in [2.75, 3.05) is 13.6 Å². The highest BCUT2D eigenvalue weighted by molar-refractivity contribution is 5.14. The molecule has 0 aromatic rings. The maximum Gasteiger partial charge on any atom is 0.0172 e. The van der Waals surface area contributed by atoms with Gasteiger partial charge in [0.25, 0.3) is 0 Å². The Morgan fingerprint density at radius 3 is 1.40 bits per heavy atom. The smallest absolute Gasteiger partial charge is 0.0172 e. The van der Waals surface area contributed by atoms with E-state index in [4.69, 9.17) is 0 Å². The predicted molar refractivity (Wildman–Crippen MR) is 136 cm³/mol. The molecular formula is C28H58N2. The Balaban J connectivity index is 0.000000303. The van der Waals surface area contributed by atoms with Gasteiger partial charge in [0.1, 0.15) is 0 Å². The molecule has 4 atom stereocenters. The van der Waals surface area contributed by atoms with Gasteiger partial charge >= 0.3 is 0 Å². The van der Waals surface area contributed by atoms with Gasteiger partial charge in [-0.05, 0) is 75.8 Å². The molecule has 2 saturated heterocycles. The first-order valence-corrected chi connectivity index (χ1v) is 13.1. The Morgan fingerprint density at radius 1 is 0.767 bits per heavy atom. The van der Waals surface area contributed by atoms with Crippen molar-refractivity contribution in [2.24, 2.45) is 21.7 Å². The SMILES string of the molecule is CC1CC(C)(C(C)(C)C)CC(C)N1C.CCC1N(CC)C(CC)C1(CC)C(C)(C)C. The topological polar surface area (TPSA) is 6.48 Å². The molecule has 2 aliphatic rings. The Labute approximate surface area is 191 Å². The Morgan fingerprint density at radius 2 is 1.17 bits per heavy atom. The van der Waals surface area contributed by atoms with Crippen LogP contribution in [-0.4, -0.2) is 47.6 Å². The lowest BCUT2D eigenvalue weighted by Crippen LogP contribution is -2.74. The second kappa shape index (κ2) is 9.82. The molecule has 0 aliphatic carbocycles. The molecule has 2 heteroatoms. The molecule has 0 spiro atoms. The number of rotatable bonds is 4. The second-order valence-electron chi connectivity index (χ2n) is 12.9. The van der Waals surface area contributed by atoms with Crippen molar-refractivity contribution in [1.29, 1.82) is 0 Å². The van der Waals surface area contributed by atoms with Crippen molar-refractivity contribution >= 4 is 0 Å². The van der Waals surface area contributed by atoms with Gasteiger partial charge in [0, 0.05) is 29.6 Å². The fourth-order valence-corrected chi connectivity index (χ4v) is 7.31. The number of nitrogens with zero attached hydrogens (tertiary/aromatic N) is 2. The third-order valence-corrected chi connectivity index (χ3v) is 9.80. The lowest BCUT2D eigenvalue weighted by Gasteiger charge is -2.69. The predicted octanol–water partition coefficient (Wildman–Crippen LogP) is 7.86. The average molecular weight is 423 g/mol. The normalized spacial score (nSPS) is 38.6. The minimum Gasteiger partial charge on any atom is -0.301 e.